The smallest absolute Gasteiger partial charge is 0.234 e. The van der Waals surface area contributed by atoms with Crippen LogP contribution < -0.4 is 11.2 Å². The Hall–Kier alpha value is -3.65. The molecule has 0 bridgehead atoms. The maximum atomic E-state index is 13.9. The maximum Gasteiger partial charge on any atom is 0.234 e. The number of para-hydroxylation sites is 1. The van der Waals surface area contributed by atoms with Crippen molar-refractivity contribution in [3.63, 3.8) is 0 Å². The number of benzene rings is 3. The zero-order valence-corrected chi connectivity index (χ0v) is 17.3. The molecule has 1 heterocycles. The summed E-state index contributed by atoms with van der Waals surface area (Å²) in [5.74, 6) is 6.07. The van der Waals surface area contributed by atoms with Crippen LogP contribution >= 0.6 is 11.8 Å². The van der Waals surface area contributed by atoms with Gasteiger partial charge in [0.2, 0.25) is 11.1 Å². The first-order valence-corrected chi connectivity index (χ1v) is 10.6. The second-order valence-electron chi connectivity index (χ2n) is 6.79. The van der Waals surface area contributed by atoms with Crippen molar-refractivity contribution in [2.75, 3.05) is 16.9 Å². The number of hydrogen-bond donors (Lipinski definition) is 2. The summed E-state index contributed by atoms with van der Waals surface area (Å²) in [5.41, 5.74) is 3.17. The zero-order chi connectivity index (χ0) is 21.6. The van der Waals surface area contributed by atoms with E-state index in [-0.39, 0.29) is 23.9 Å². The van der Waals surface area contributed by atoms with Gasteiger partial charge in [-0.05, 0) is 23.3 Å². The van der Waals surface area contributed by atoms with Crippen LogP contribution in [0.15, 0.2) is 84.0 Å². The molecule has 0 saturated heterocycles. The topological polar surface area (TPSA) is 85.8 Å². The minimum atomic E-state index is -0.323. The van der Waals surface area contributed by atoms with Crippen LogP contribution in [-0.4, -0.2) is 26.5 Å². The fourth-order valence-corrected chi connectivity index (χ4v) is 3.79. The summed E-state index contributed by atoms with van der Waals surface area (Å²) in [4.78, 5) is 12.5. The Labute approximate surface area is 183 Å². The van der Waals surface area contributed by atoms with Gasteiger partial charge in [0.1, 0.15) is 5.82 Å². The number of nitrogens with one attached hydrogen (secondary N) is 1. The van der Waals surface area contributed by atoms with E-state index in [9.17, 15) is 9.18 Å². The van der Waals surface area contributed by atoms with Crippen molar-refractivity contribution in [1.82, 2.24) is 14.9 Å². The highest BCUT2D eigenvalue weighted by Gasteiger charge is 2.15. The third-order valence-electron chi connectivity index (χ3n) is 4.66. The lowest BCUT2D eigenvalue weighted by Gasteiger charge is -2.11. The van der Waals surface area contributed by atoms with Gasteiger partial charge in [0.25, 0.3) is 0 Å². The largest absolute Gasteiger partial charge is 0.336 e. The summed E-state index contributed by atoms with van der Waals surface area (Å²) in [6, 6.07) is 23.9. The quantitative estimate of drug-likeness (QED) is 0.338. The Morgan fingerprint density at radius 1 is 0.968 bits per heavy atom. The summed E-state index contributed by atoms with van der Waals surface area (Å²) in [6.07, 6.45) is 0.216. The number of anilines is 1. The lowest BCUT2D eigenvalue weighted by atomic mass is 10.0. The molecule has 0 aliphatic rings. The molecule has 0 aliphatic carbocycles. The van der Waals surface area contributed by atoms with Gasteiger partial charge in [-0.2, -0.15) is 0 Å². The van der Waals surface area contributed by atoms with Gasteiger partial charge in [-0.3, -0.25) is 4.79 Å². The minimum Gasteiger partial charge on any atom is -0.336 e. The van der Waals surface area contributed by atoms with Crippen LogP contribution in [0.3, 0.4) is 0 Å². The van der Waals surface area contributed by atoms with E-state index in [2.05, 4.69) is 15.5 Å². The van der Waals surface area contributed by atoms with E-state index < -0.39 is 0 Å². The van der Waals surface area contributed by atoms with Gasteiger partial charge in [0, 0.05) is 17.7 Å². The van der Waals surface area contributed by atoms with Gasteiger partial charge in [-0.25, -0.2) is 9.07 Å². The molecule has 0 saturated carbocycles. The van der Waals surface area contributed by atoms with Crippen molar-refractivity contribution >= 4 is 23.4 Å². The Morgan fingerprint density at radius 3 is 2.48 bits per heavy atom. The Kier molecular flexibility index (Phi) is 6.28. The normalized spacial score (nSPS) is 10.7. The SMILES string of the molecule is Nn1c(Cc2ccccc2F)nnc1SCC(=O)Nc1ccccc1-c1ccccc1. The number of hydrogen-bond acceptors (Lipinski definition) is 5. The molecule has 4 rings (SSSR count). The van der Waals surface area contributed by atoms with Crippen molar-refractivity contribution in [3.05, 3.63) is 96.1 Å². The van der Waals surface area contributed by atoms with E-state index in [1.54, 1.807) is 18.2 Å². The predicted molar refractivity (Wildman–Crippen MR) is 121 cm³/mol. The molecule has 0 fully saturated rings. The fraction of sp³-hybridized carbons (Fsp3) is 0.0870. The summed E-state index contributed by atoms with van der Waals surface area (Å²) >= 11 is 1.17. The van der Waals surface area contributed by atoms with Gasteiger partial charge in [-0.15, -0.1) is 10.2 Å². The third-order valence-corrected chi connectivity index (χ3v) is 5.60. The van der Waals surface area contributed by atoms with E-state index in [1.165, 1.54) is 22.5 Å². The number of halogens is 1. The lowest BCUT2D eigenvalue weighted by molar-refractivity contribution is -0.113. The molecular weight excluding hydrogens is 413 g/mol. The molecule has 156 valence electrons. The average molecular weight is 434 g/mol. The molecule has 4 aromatic rings. The van der Waals surface area contributed by atoms with Crippen LogP contribution in [0.4, 0.5) is 10.1 Å². The first kappa shape index (κ1) is 20.6. The summed E-state index contributed by atoms with van der Waals surface area (Å²) < 4.78 is 15.2. The second kappa shape index (κ2) is 9.44. The van der Waals surface area contributed by atoms with Gasteiger partial charge < -0.3 is 11.2 Å². The highest BCUT2D eigenvalue weighted by atomic mass is 32.2. The number of amides is 1. The molecule has 31 heavy (non-hydrogen) atoms. The van der Waals surface area contributed by atoms with Crippen molar-refractivity contribution < 1.29 is 9.18 Å². The number of aromatic nitrogens is 3. The number of carbonyl (C=O) groups is 1. The highest BCUT2D eigenvalue weighted by Crippen LogP contribution is 2.28. The van der Waals surface area contributed by atoms with Crippen LogP contribution in [0.2, 0.25) is 0 Å². The first-order chi connectivity index (χ1) is 15.1. The molecule has 1 amide bonds. The molecule has 0 spiro atoms. The number of nitrogen functional groups attached to an aromatic ring is 1. The van der Waals surface area contributed by atoms with E-state index in [0.29, 0.717) is 16.5 Å². The van der Waals surface area contributed by atoms with E-state index >= 15 is 0 Å². The Bertz CT molecular complexity index is 1200. The van der Waals surface area contributed by atoms with Crippen molar-refractivity contribution in [2.24, 2.45) is 0 Å². The summed E-state index contributed by atoms with van der Waals surface area (Å²) in [5, 5.41) is 11.4. The van der Waals surface area contributed by atoms with E-state index in [4.69, 9.17) is 5.84 Å². The lowest BCUT2D eigenvalue weighted by Crippen LogP contribution is -2.18. The molecule has 3 N–H and O–H groups in total. The number of rotatable bonds is 7. The standard InChI is InChI=1S/C23H20FN5OS/c24-19-12-6-4-10-17(19)14-21-27-28-23(29(21)25)31-15-22(30)26-20-13-7-5-11-18(20)16-8-2-1-3-9-16/h1-13H,14-15,25H2,(H,26,30). The molecule has 8 heteroatoms. The van der Waals surface area contributed by atoms with Crippen LogP contribution in [0.25, 0.3) is 11.1 Å². The Morgan fingerprint density at radius 2 is 1.68 bits per heavy atom. The van der Waals surface area contributed by atoms with Crippen LogP contribution in [0, 0.1) is 5.82 Å². The van der Waals surface area contributed by atoms with Crippen molar-refractivity contribution in [1.29, 1.82) is 0 Å². The van der Waals surface area contributed by atoms with Gasteiger partial charge in [0.15, 0.2) is 5.82 Å². The molecule has 1 aromatic heterocycles. The maximum absolute atomic E-state index is 13.9. The van der Waals surface area contributed by atoms with E-state index in [0.717, 1.165) is 16.8 Å². The molecule has 6 nitrogen and oxygen atoms in total. The molecule has 0 unspecified atom stereocenters. The van der Waals surface area contributed by atoms with Gasteiger partial charge >= 0.3 is 0 Å². The minimum absolute atomic E-state index is 0.109. The van der Waals surface area contributed by atoms with Crippen LogP contribution in [-0.2, 0) is 11.2 Å². The number of nitrogens with two attached hydrogens (primary N) is 1. The zero-order valence-electron chi connectivity index (χ0n) is 16.5. The molecule has 0 aliphatic heterocycles. The van der Waals surface area contributed by atoms with Gasteiger partial charge in [0.05, 0.1) is 5.75 Å². The third kappa shape index (κ3) is 4.92. The van der Waals surface area contributed by atoms with E-state index in [1.807, 2.05) is 54.6 Å². The first-order valence-electron chi connectivity index (χ1n) is 9.61. The predicted octanol–water partition coefficient (Wildman–Crippen LogP) is 4.12. The summed E-state index contributed by atoms with van der Waals surface area (Å²) in [6.45, 7) is 0. The van der Waals surface area contributed by atoms with Crippen LogP contribution in [0.5, 0.6) is 0 Å². The average Bonchev–Trinajstić information content (AvgIpc) is 3.14. The number of carbonyl (C=O) groups excluding carboxylic acids is 1. The van der Waals surface area contributed by atoms with Gasteiger partial charge in [-0.1, -0.05) is 78.5 Å². The van der Waals surface area contributed by atoms with Crippen LogP contribution in [0.1, 0.15) is 11.4 Å². The molecular formula is C23H20FN5OS. The Balaban J connectivity index is 1.40. The molecule has 0 radical (unpaired) electrons. The van der Waals surface area contributed by atoms with Crippen molar-refractivity contribution in [3.8, 4) is 11.1 Å². The number of thioether (sulfide) groups is 1. The highest BCUT2D eigenvalue weighted by molar-refractivity contribution is 7.99. The molecule has 0 atom stereocenters. The monoisotopic (exact) mass is 433 g/mol. The fourth-order valence-electron chi connectivity index (χ4n) is 3.12. The molecule has 3 aromatic carbocycles. The number of nitrogens with zero attached hydrogens (tertiary/aromatic N) is 3. The second-order valence-corrected chi connectivity index (χ2v) is 7.73. The summed E-state index contributed by atoms with van der Waals surface area (Å²) in [7, 11) is 0. The van der Waals surface area contributed by atoms with Crippen molar-refractivity contribution in [2.45, 2.75) is 11.6 Å².